The monoisotopic (exact) mass is 290 g/mol. The molecule has 1 aromatic carbocycles. The molecule has 20 heavy (non-hydrogen) atoms. The molecule has 0 saturated heterocycles. The van der Waals surface area contributed by atoms with Gasteiger partial charge < -0.3 is 9.16 Å². The third-order valence-corrected chi connectivity index (χ3v) is 4.44. The molecule has 1 aliphatic rings. The van der Waals surface area contributed by atoms with E-state index in [0.717, 1.165) is 6.42 Å². The molecule has 0 heterocycles. The summed E-state index contributed by atoms with van der Waals surface area (Å²) in [7, 11) is 0.297. The summed E-state index contributed by atoms with van der Waals surface area (Å²) in [6.45, 7) is 6.72. The minimum atomic E-state index is -1.51. The van der Waals surface area contributed by atoms with Crippen molar-refractivity contribution in [3.05, 3.63) is 47.7 Å². The first kappa shape index (κ1) is 15.3. The summed E-state index contributed by atoms with van der Waals surface area (Å²) in [5, 5.41) is 0. The van der Waals surface area contributed by atoms with Gasteiger partial charge in [0, 0.05) is 19.4 Å². The Bertz CT molecular complexity index is 448. The summed E-state index contributed by atoms with van der Waals surface area (Å²) < 4.78 is 11.9. The molecule has 0 fully saturated rings. The molecular weight excluding hydrogens is 264 g/mol. The number of ether oxygens (including phenoxy) is 1. The lowest BCUT2D eigenvalue weighted by Gasteiger charge is -2.31. The summed E-state index contributed by atoms with van der Waals surface area (Å²) in [6.07, 6.45) is 5.88. The zero-order valence-corrected chi connectivity index (χ0v) is 14.1. The molecule has 2 atom stereocenters. The van der Waals surface area contributed by atoms with Crippen molar-refractivity contribution in [2.75, 3.05) is 7.11 Å². The maximum atomic E-state index is 6.18. The van der Waals surface area contributed by atoms with Gasteiger partial charge in [-0.05, 0) is 44.1 Å². The van der Waals surface area contributed by atoms with Gasteiger partial charge in [0.05, 0.1) is 11.9 Å². The second-order valence-electron chi connectivity index (χ2n) is 6.47. The van der Waals surface area contributed by atoms with E-state index in [4.69, 9.17) is 9.16 Å². The maximum absolute atomic E-state index is 6.18. The van der Waals surface area contributed by atoms with Crippen molar-refractivity contribution < 1.29 is 9.16 Å². The van der Waals surface area contributed by atoms with Crippen molar-refractivity contribution in [2.45, 2.75) is 45.0 Å². The lowest BCUT2D eigenvalue weighted by atomic mass is 9.86. The fraction of sp³-hybridized carbons (Fsp3) is 0.529. The van der Waals surface area contributed by atoms with E-state index in [1.165, 1.54) is 24.2 Å². The van der Waals surface area contributed by atoms with Crippen molar-refractivity contribution in [1.29, 1.82) is 0 Å². The van der Waals surface area contributed by atoms with Crippen LogP contribution in [0.2, 0.25) is 19.6 Å². The van der Waals surface area contributed by atoms with Crippen molar-refractivity contribution in [3.63, 3.8) is 0 Å². The Morgan fingerprint density at radius 3 is 2.45 bits per heavy atom. The fourth-order valence-corrected chi connectivity index (χ4v) is 3.79. The molecule has 0 amide bonds. The fourth-order valence-electron chi connectivity index (χ4n) is 2.84. The van der Waals surface area contributed by atoms with Crippen LogP contribution in [0.5, 0.6) is 0 Å². The zero-order chi connectivity index (χ0) is 14.6. The van der Waals surface area contributed by atoms with Crippen LogP contribution in [0, 0.1) is 5.92 Å². The first-order valence-corrected chi connectivity index (χ1v) is 10.9. The number of methoxy groups -OCH3 is 1. The maximum Gasteiger partial charge on any atom is 0.241 e. The lowest BCUT2D eigenvalue weighted by Crippen LogP contribution is -2.27. The van der Waals surface area contributed by atoms with Gasteiger partial charge in [-0.2, -0.15) is 0 Å². The Morgan fingerprint density at radius 1 is 1.15 bits per heavy atom. The van der Waals surface area contributed by atoms with Crippen molar-refractivity contribution in [3.8, 4) is 0 Å². The molecule has 0 N–H and O–H groups in total. The van der Waals surface area contributed by atoms with Gasteiger partial charge >= 0.3 is 0 Å². The Balaban J connectivity index is 2.16. The lowest BCUT2D eigenvalue weighted by molar-refractivity contribution is 0.0603. The standard InChI is InChI=1S/C17H26O2Si/c1-18-17(14-9-6-5-7-10-14)15-11-8-12-16(13-15)19-20(2,3)4/h5-7,9-10,13,15,17H,8,11-12H2,1-4H3/t15?,17-/m0/s1. The Kier molecular flexibility index (Phi) is 5.05. The van der Waals surface area contributed by atoms with E-state index < -0.39 is 8.32 Å². The van der Waals surface area contributed by atoms with E-state index in [-0.39, 0.29) is 6.10 Å². The molecular formula is C17H26O2Si. The van der Waals surface area contributed by atoms with Crippen LogP contribution in [0.25, 0.3) is 0 Å². The van der Waals surface area contributed by atoms with Gasteiger partial charge in [0.1, 0.15) is 0 Å². The minimum Gasteiger partial charge on any atom is -0.548 e. The predicted octanol–water partition coefficient (Wildman–Crippen LogP) is 4.91. The van der Waals surface area contributed by atoms with Crippen molar-refractivity contribution in [1.82, 2.24) is 0 Å². The summed E-state index contributed by atoms with van der Waals surface area (Å²) in [4.78, 5) is 0. The second-order valence-corrected chi connectivity index (χ2v) is 10.9. The highest BCUT2D eigenvalue weighted by Gasteiger charge is 2.26. The Hall–Kier alpha value is -1.06. The van der Waals surface area contributed by atoms with Crippen LogP contribution < -0.4 is 0 Å². The number of rotatable bonds is 5. The summed E-state index contributed by atoms with van der Waals surface area (Å²) in [6, 6.07) is 10.5. The highest BCUT2D eigenvalue weighted by molar-refractivity contribution is 6.70. The minimum absolute atomic E-state index is 0.136. The van der Waals surface area contributed by atoms with E-state index in [9.17, 15) is 0 Å². The summed E-state index contributed by atoms with van der Waals surface area (Å²) in [5.74, 6) is 1.60. The average molecular weight is 290 g/mol. The number of hydrogen-bond acceptors (Lipinski definition) is 2. The Labute approximate surface area is 123 Å². The van der Waals surface area contributed by atoms with Gasteiger partial charge in [-0.15, -0.1) is 0 Å². The molecule has 2 nitrogen and oxygen atoms in total. The summed E-state index contributed by atoms with van der Waals surface area (Å²) >= 11 is 0. The van der Waals surface area contributed by atoms with Crippen molar-refractivity contribution >= 4 is 8.32 Å². The third kappa shape index (κ3) is 4.22. The average Bonchev–Trinajstić information content (AvgIpc) is 2.39. The zero-order valence-electron chi connectivity index (χ0n) is 13.1. The SMILES string of the molecule is CO[C@@H](c1ccccc1)C1C=C(O[Si](C)(C)C)CCC1. The van der Waals surface area contributed by atoms with Crippen molar-refractivity contribution in [2.24, 2.45) is 5.92 Å². The third-order valence-electron chi connectivity index (χ3n) is 3.57. The number of allylic oxidation sites excluding steroid dienone is 1. The molecule has 0 aliphatic heterocycles. The molecule has 1 unspecified atom stereocenters. The van der Waals surface area contributed by atoms with E-state index in [2.05, 4.69) is 50.0 Å². The molecule has 0 spiro atoms. The highest BCUT2D eigenvalue weighted by Crippen LogP contribution is 2.36. The molecule has 2 rings (SSSR count). The summed E-state index contributed by atoms with van der Waals surface area (Å²) in [5.41, 5.74) is 1.26. The van der Waals surface area contributed by atoms with E-state index in [0.29, 0.717) is 5.92 Å². The van der Waals surface area contributed by atoms with Gasteiger partial charge in [0.25, 0.3) is 0 Å². The van der Waals surface area contributed by atoms with E-state index in [1.807, 2.05) is 6.07 Å². The van der Waals surface area contributed by atoms with Crippen LogP contribution in [0.3, 0.4) is 0 Å². The van der Waals surface area contributed by atoms with Gasteiger partial charge in [-0.25, -0.2) is 0 Å². The van der Waals surface area contributed by atoms with Gasteiger partial charge in [-0.3, -0.25) is 0 Å². The first-order chi connectivity index (χ1) is 9.49. The largest absolute Gasteiger partial charge is 0.548 e. The number of hydrogen-bond donors (Lipinski definition) is 0. The quantitative estimate of drug-likeness (QED) is 0.717. The molecule has 110 valence electrons. The highest BCUT2D eigenvalue weighted by atomic mass is 28.4. The van der Waals surface area contributed by atoms with Crippen LogP contribution in [-0.4, -0.2) is 15.4 Å². The van der Waals surface area contributed by atoms with Crippen LogP contribution in [-0.2, 0) is 9.16 Å². The van der Waals surface area contributed by atoms with Crippen LogP contribution in [0.15, 0.2) is 42.2 Å². The second kappa shape index (κ2) is 6.59. The topological polar surface area (TPSA) is 18.5 Å². The van der Waals surface area contributed by atoms with Crippen LogP contribution >= 0.6 is 0 Å². The predicted molar refractivity (Wildman–Crippen MR) is 86.0 cm³/mol. The normalized spacial score (nSPS) is 21.2. The van der Waals surface area contributed by atoms with E-state index >= 15 is 0 Å². The van der Waals surface area contributed by atoms with Gasteiger partial charge in [-0.1, -0.05) is 30.3 Å². The molecule has 0 bridgehead atoms. The van der Waals surface area contributed by atoms with E-state index in [1.54, 1.807) is 7.11 Å². The molecule has 0 saturated carbocycles. The van der Waals surface area contributed by atoms with Crippen LogP contribution in [0.4, 0.5) is 0 Å². The molecule has 0 radical (unpaired) electrons. The van der Waals surface area contributed by atoms with Gasteiger partial charge in [0.15, 0.2) is 0 Å². The van der Waals surface area contributed by atoms with Crippen LogP contribution in [0.1, 0.15) is 30.9 Å². The molecule has 3 heteroatoms. The van der Waals surface area contributed by atoms with Gasteiger partial charge in [0.2, 0.25) is 8.32 Å². The molecule has 1 aliphatic carbocycles. The first-order valence-electron chi connectivity index (χ1n) is 7.47. The molecule has 1 aromatic rings. The molecule has 0 aromatic heterocycles. The number of benzene rings is 1. The smallest absolute Gasteiger partial charge is 0.241 e. The Morgan fingerprint density at radius 2 is 1.85 bits per heavy atom.